The van der Waals surface area contributed by atoms with Crippen LogP contribution in [0.3, 0.4) is 0 Å². The van der Waals surface area contributed by atoms with Gasteiger partial charge in [-0.25, -0.2) is 0 Å². The molecule has 2 N–H and O–H groups in total. The second-order valence-corrected chi connectivity index (χ2v) is 7.20. The molecule has 2 atom stereocenters. The molecule has 1 heterocycles. The Labute approximate surface area is 153 Å². The SMILES string of the molecule is Cc1c([N+](=O)[O-])ccc2c1OC(C)(C)[C@H](O)[C@H]2NCCc1ccccc1. The molecule has 0 spiro atoms. The summed E-state index contributed by atoms with van der Waals surface area (Å²) >= 11 is 0. The quantitative estimate of drug-likeness (QED) is 0.634. The monoisotopic (exact) mass is 356 g/mol. The number of rotatable bonds is 5. The fraction of sp³-hybridized carbons (Fsp3) is 0.400. The van der Waals surface area contributed by atoms with E-state index in [1.54, 1.807) is 26.8 Å². The molecule has 0 aliphatic carbocycles. The second kappa shape index (κ2) is 7.05. The summed E-state index contributed by atoms with van der Waals surface area (Å²) < 4.78 is 5.95. The van der Waals surface area contributed by atoms with Crippen LogP contribution in [0.25, 0.3) is 0 Å². The Hall–Kier alpha value is -2.44. The molecule has 0 saturated heterocycles. The number of nitro benzene ring substituents is 1. The third-order valence-corrected chi connectivity index (χ3v) is 4.95. The van der Waals surface area contributed by atoms with E-state index in [2.05, 4.69) is 17.4 Å². The van der Waals surface area contributed by atoms with Crippen molar-refractivity contribution < 1.29 is 14.8 Å². The number of fused-ring (bicyclic) bond motifs is 1. The van der Waals surface area contributed by atoms with Gasteiger partial charge in [0, 0.05) is 11.6 Å². The molecule has 1 aliphatic heterocycles. The third-order valence-electron chi connectivity index (χ3n) is 4.95. The number of benzene rings is 2. The fourth-order valence-electron chi connectivity index (χ4n) is 3.41. The molecule has 2 aromatic rings. The summed E-state index contributed by atoms with van der Waals surface area (Å²) in [6, 6.07) is 12.9. The molecule has 26 heavy (non-hydrogen) atoms. The van der Waals surface area contributed by atoms with Crippen LogP contribution in [-0.4, -0.2) is 28.3 Å². The van der Waals surface area contributed by atoms with Crippen LogP contribution in [0.4, 0.5) is 5.69 Å². The van der Waals surface area contributed by atoms with Crippen molar-refractivity contribution in [3.05, 3.63) is 69.3 Å². The van der Waals surface area contributed by atoms with Crippen LogP contribution in [-0.2, 0) is 6.42 Å². The highest BCUT2D eigenvalue weighted by Crippen LogP contribution is 2.44. The van der Waals surface area contributed by atoms with E-state index in [0.717, 1.165) is 12.0 Å². The predicted molar refractivity (Wildman–Crippen MR) is 99.4 cm³/mol. The minimum absolute atomic E-state index is 0.0268. The van der Waals surface area contributed by atoms with Gasteiger partial charge in [-0.15, -0.1) is 0 Å². The summed E-state index contributed by atoms with van der Waals surface area (Å²) in [4.78, 5) is 10.8. The van der Waals surface area contributed by atoms with Gasteiger partial charge in [0.1, 0.15) is 17.5 Å². The van der Waals surface area contributed by atoms with Crippen LogP contribution in [0.1, 0.15) is 36.6 Å². The second-order valence-electron chi connectivity index (χ2n) is 7.20. The molecular weight excluding hydrogens is 332 g/mol. The lowest BCUT2D eigenvalue weighted by molar-refractivity contribution is -0.385. The minimum atomic E-state index is -0.850. The van der Waals surface area contributed by atoms with Gasteiger partial charge in [-0.3, -0.25) is 10.1 Å². The zero-order chi connectivity index (χ0) is 18.9. The number of hydrogen-bond donors (Lipinski definition) is 2. The first-order valence-electron chi connectivity index (χ1n) is 8.73. The van der Waals surface area contributed by atoms with Crippen molar-refractivity contribution in [2.75, 3.05) is 6.54 Å². The number of aliphatic hydroxyl groups is 1. The van der Waals surface area contributed by atoms with Gasteiger partial charge in [-0.05, 0) is 45.4 Å². The van der Waals surface area contributed by atoms with Crippen LogP contribution < -0.4 is 10.1 Å². The van der Waals surface area contributed by atoms with Crippen molar-refractivity contribution in [1.29, 1.82) is 0 Å². The summed E-state index contributed by atoms with van der Waals surface area (Å²) in [7, 11) is 0. The molecule has 6 nitrogen and oxygen atoms in total. The maximum absolute atomic E-state index is 11.2. The Bertz CT molecular complexity index is 805. The molecule has 0 bridgehead atoms. The Morgan fingerprint density at radius 3 is 2.58 bits per heavy atom. The molecule has 1 aliphatic rings. The van der Waals surface area contributed by atoms with E-state index in [1.165, 1.54) is 11.6 Å². The predicted octanol–water partition coefficient (Wildman–Crippen LogP) is 3.31. The molecule has 0 unspecified atom stereocenters. The van der Waals surface area contributed by atoms with Crippen LogP contribution >= 0.6 is 0 Å². The van der Waals surface area contributed by atoms with Gasteiger partial charge in [0.05, 0.1) is 16.5 Å². The van der Waals surface area contributed by atoms with Crippen molar-refractivity contribution in [3.8, 4) is 5.75 Å². The molecule has 6 heteroatoms. The van der Waals surface area contributed by atoms with E-state index in [-0.39, 0.29) is 11.7 Å². The van der Waals surface area contributed by atoms with Gasteiger partial charge in [0.25, 0.3) is 5.69 Å². The molecule has 0 radical (unpaired) electrons. The maximum atomic E-state index is 11.2. The number of aliphatic hydroxyl groups excluding tert-OH is 1. The molecular formula is C20H24N2O4. The Kier molecular flexibility index (Phi) is 4.98. The van der Waals surface area contributed by atoms with Crippen molar-refractivity contribution in [2.24, 2.45) is 0 Å². The average molecular weight is 356 g/mol. The summed E-state index contributed by atoms with van der Waals surface area (Å²) in [5, 5.41) is 25.4. The molecule has 138 valence electrons. The number of nitro groups is 1. The molecule has 0 amide bonds. The van der Waals surface area contributed by atoms with E-state index in [0.29, 0.717) is 17.9 Å². The first-order valence-corrected chi connectivity index (χ1v) is 8.73. The van der Waals surface area contributed by atoms with Gasteiger partial charge in [0.15, 0.2) is 0 Å². The number of nitrogens with one attached hydrogen (secondary N) is 1. The van der Waals surface area contributed by atoms with E-state index in [9.17, 15) is 15.2 Å². The Morgan fingerprint density at radius 2 is 1.92 bits per heavy atom. The third kappa shape index (κ3) is 3.43. The van der Waals surface area contributed by atoms with Crippen molar-refractivity contribution >= 4 is 5.69 Å². The average Bonchev–Trinajstić information content (AvgIpc) is 2.60. The maximum Gasteiger partial charge on any atom is 0.276 e. The van der Waals surface area contributed by atoms with Crippen LogP contribution in [0, 0.1) is 17.0 Å². The fourth-order valence-corrected chi connectivity index (χ4v) is 3.41. The van der Waals surface area contributed by atoms with Gasteiger partial charge in [-0.2, -0.15) is 0 Å². The standard InChI is InChI=1S/C20H24N2O4/c1-13-16(22(24)25)10-9-15-17(19(23)20(2,3)26-18(13)15)21-12-11-14-7-5-4-6-8-14/h4-10,17,19,21,23H,11-12H2,1-3H3/t17-,19+/m0/s1. The van der Waals surface area contributed by atoms with Crippen LogP contribution in [0.15, 0.2) is 42.5 Å². The lowest BCUT2D eigenvalue weighted by Crippen LogP contribution is -2.53. The highest BCUT2D eigenvalue weighted by Gasteiger charge is 2.44. The smallest absolute Gasteiger partial charge is 0.276 e. The van der Waals surface area contributed by atoms with Gasteiger partial charge >= 0.3 is 0 Å². The first-order chi connectivity index (χ1) is 12.3. The summed E-state index contributed by atoms with van der Waals surface area (Å²) in [5.74, 6) is 0.492. The van der Waals surface area contributed by atoms with Crippen LogP contribution in [0.5, 0.6) is 5.75 Å². The Morgan fingerprint density at radius 1 is 1.23 bits per heavy atom. The topological polar surface area (TPSA) is 84.6 Å². The number of hydrogen-bond acceptors (Lipinski definition) is 5. The minimum Gasteiger partial charge on any atom is -0.484 e. The van der Waals surface area contributed by atoms with E-state index in [1.807, 2.05) is 18.2 Å². The van der Waals surface area contributed by atoms with Crippen molar-refractivity contribution in [1.82, 2.24) is 5.32 Å². The van der Waals surface area contributed by atoms with Crippen LogP contribution in [0.2, 0.25) is 0 Å². The highest BCUT2D eigenvalue weighted by atomic mass is 16.6. The molecule has 0 aromatic heterocycles. The molecule has 3 rings (SSSR count). The van der Waals surface area contributed by atoms with Gasteiger partial charge in [-0.1, -0.05) is 30.3 Å². The van der Waals surface area contributed by atoms with E-state index >= 15 is 0 Å². The van der Waals surface area contributed by atoms with Gasteiger partial charge in [0.2, 0.25) is 0 Å². The zero-order valence-corrected chi connectivity index (χ0v) is 15.2. The van der Waals surface area contributed by atoms with E-state index in [4.69, 9.17) is 4.74 Å². The first kappa shape index (κ1) is 18.4. The normalized spacial score (nSPS) is 20.9. The number of ether oxygens (including phenoxy) is 1. The molecule has 0 fully saturated rings. The lowest BCUT2D eigenvalue weighted by atomic mass is 9.85. The van der Waals surface area contributed by atoms with Crippen molar-refractivity contribution in [3.63, 3.8) is 0 Å². The summed E-state index contributed by atoms with van der Waals surface area (Å²) in [5.41, 5.74) is 1.63. The largest absolute Gasteiger partial charge is 0.484 e. The van der Waals surface area contributed by atoms with Gasteiger partial charge < -0.3 is 15.2 Å². The number of nitrogens with zero attached hydrogens (tertiary/aromatic N) is 1. The molecule has 0 saturated carbocycles. The van der Waals surface area contributed by atoms with E-state index < -0.39 is 16.6 Å². The summed E-state index contributed by atoms with van der Waals surface area (Å²) in [6.45, 7) is 5.96. The lowest BCUT2D eigenvalue weighted by Gasteiger charge is -2.43. The highest BCUT2D eigenvalue weighted by molar-refractivity contribution is 5.55. The molecule has 2 aromatic carbocycles. The van der Waals surface area contributed by atoms with Crippen molar-refractivity contribution in [2.45, 2.75) is 44.9 Å². The Balaban J connectivity index is 1.87. The summed E-state index contributed by atoms with van der Waals surface area (Å²) in [6.07, 6.45) is 0.0544. The zero-order valence-electron chi connectivity index (χ0n) is 15.2.